The molecule has 1 aliphatic heterocycles. The Labute approximate surface area is 119 Å². The first-order valence-electron chi connectivity index (χ1n) is 6.86. The Kier molecular flexibility index (Phi) is 6.26. The molecule has 0 radical (unpaired) electrons. The lowest BCUT2D eigenvalue weighted by atomic mass is 10.1. The van der Waals surface area contributed by atoms with Gasteiger partial charge in [0.05, 0.1) is 26.4 Å². The standard InChI is InChI=1S/C15H22O5/c1-17-7-6-12-2-4-14(5-3-12)19-9-13(16)8-18-10-15-11-20-15/h2-5,13,15-16H,6-11H2,1H3/t13-,15-/m1/s1. The summed E-state index contributed by atoms with van der Waals surface area (Å²) in [6.07, 6.45) is 0.487. The SMILES string of the molecule is COCCc1ccc(OC[C@H](O)COC[C@@H]2CO2)cc1. The molecule has 0 unspecified atom stereocenters. The Morgan fingerprint density at radius 2 is 2.05 bits per heavy atom. The van der Waals surface area contributed by atoms with Crippen molar-refractivity contribution in [3.63, 3.8) is 0 Å². The lowest BCUT2D eigenvalue weighted by molar-refractivity contribution is 0.00761. The van der Waals surface area contributed by atoms with Crippen LogP contribution in [0.5, 0.6) is 5.75 Å². The molecule has 1 aromatic rings. The summed E-state index contributed by atoms with van der Waals surface area (Å²) in [6, 6.07) is 7.80. The van der Waals surface area contributed by atoms with Crippen molar-refractivity contribution in [3.05, 3.63) is 29.8 Å². The lowest BCUT2D eigenvalue weighted by Gasteiger charge is -2.12. The van der Waals surface area contributed by atoms with E-state index in [9.17, 15) is 5.11 Å². The van der Waals surface area contributed by atoms with Crippen LogP contribution in [0.3, 0.4) is 0 Å². The average molecular weight is 282 g/mol. The molecule has 2 atom stereocenters. The van der Waals surface area contributed by atoms with E-state index in [2.05, 4.69) is 0 Å². The molecule has 0 spiro atoms. The Hall–Kier alpha value is -1.14. The first-order valence-corrected chi connectivity index (χ1v) is 6.86. The Morgan fingerprint density at radius 1 is 1.30 bits per heavy atom. The topological polar surface area (TPSA) is 60.5 Å². The maximum Gasteiger partial charge on any atom is 0.119 e. The maximum absolute atomic E-state index is 9.71. The van der Waals surface area contributed by atoms with Crippen molar-refractivity contribution in [3.8, 4) is 5.75 Å². The number of ether oxygens (including phenoxy) is 4. The largest absolute Gasteiger partial charge is 0.491 e. The molecule has 0 saturated carbocycles. The molecular weight excluding hydrogens is 260 g/mol. The first kappa shape index (κ1) is 15.3. The van der Waals surface area contributed by atoms with Crippen LogP contribution < -0.4 is 4.74 Å². The molecule has 0 bridgehead atoms. The minimum Gasteiger partial charge on any atom is -0.491 e. The third-order valence-corrected chi connectivity index (χ3v) is 2.98. The monoisotopic (exact) mass is 282 g/mol. The third kappa shape index (κ3) is 5.88. The van der Waals surface area contributed by atoms with Crippen molar-refractivity contribution in [1.82, 2.24) is 0 Å². The highest BCUT2D eigenvalue weighted by atomic mass is 16.6. The zero-order valence-electron chi connectivity index (χ0n) is 11.8. The van der Waals surface area contributed by atoms with E-state index in [1.807, 2.05) is 24.3 Å². The Bertz CT molecular complexity index is 374. The Balaban J connectivity index is 1.61. The molecule has 1 aromatic carbocycles. The predicted molar refractivity (Wildman–Crippen MR) is 74.1 cm³/mol. The van der Waals surface area contributed by atoms with Gasteiger partial charge in [0.1, 0.15) is 24.6 Å². The van der Waals surface area contributed by atoms with Gasteiger partial charge >= 0.3 is 0 Å². The molecule has 0 aromatic heterocycles. The van der Waals surface area contributed by atoms with E-state index in [1.54, 1.807) is 7.11 Å². The molecule has 5 heteroatoms. The zero-order chi connectivity index (χ0) is 14.2. The van der Waals surface area contributed by atoms with Crippen molar-refractivity contribution in [2.24, 2.45) is 0 Å². The van der Waals surface area contributed by atoms with Crippen LogP contribution in [0.2, 0.25) is 0 Å². The molecule has 0 amide bonds. The van der Waals surface area contributed by atoms with Crippen molar-refractivity contribution < 1.29 is 24.1 Å². The number of aliphatic hydroxyl groups is 1. The van der Waals surface area contributed by atoms with Crippen molar-refractivity contribution in [2.45, 2.75) is 18.6 Å². The second-order valence-corrected chi connectivity index (χ2v) is 4.84. The molecule has 1 N–H and O–H groups in total. The van der Waals surface area contributed by atoms with Crippen LogP contribution in [0, 0.1) is 0 Å². The molecular formula is C15H22O5. The second kappa shape index (κ2) is 8.21. The number of hydrogen-bond donors (Lipinski definition) is 1. The number of methoxy groups -OCH3 is 1. The van der Waals surface area contributed by atoms with E-state index in [0.717, 1.165) is 18.8 Å². The highest BCUT2D eigenvalue weighted by molar-refractivity contribution is 5.27. The fourth-order valence-electron chi connectivity index (χ4n) is 1.71. The normalized spacial score (nSPS) is 18.8. The van der Waals surface area contributed by atoms with Crippen LogP contribution in [-0.4, -0.2) is 57.5 Å². The highest BCUT2D eigenvalue weighted by Crippen LogP contribution is 2.13. The van der Waals surface area contributed by atoms with E-state index < -0.39 is 6.10 Å². The van der Waals surface area contributed by atoms with Gasteiger partial charge < -0.3 is 24.1 Å². The quantitative estimate of drug-likeness (QED) is 0.650. The van der Waals surface area contributed by atoms with Gasteiger partial charge in [0.2, 0.25) is 0 Å². The van der Waals surface area contributed by atoms with Gasteiger partial charge in [0.25, 0.3) is 0 Å². The van der Waals surface area contributed by atoms with Gasteiger partial charge in [-0.25, -0.2) is 0 Å². The summed E-state index contributed by atoms with van der Waals surface area (Å²) in [4.78, 5) is 0. The van der Waals surface area contributed by atoms with Crippen LogP contribution in [0.1, 0.15) is 5.56 Å². The summed E-state index contributed by atoms with van der Waals surface area (Å²) < 4.78 is 20.8. The molecule has 1 fully saturated rings. The Morgan fingerprint density at radius 3 is 2.70 bits per heavy atom. The van der Waals surface area contributed by atoms with Crippen LogP contribution in [-0.2, 0) is 20.6 Å². The number of hydrogen-bond acceptors (Lipinski definition) is 5. The van der Waals surface area contributed by atoms with E-state index in [1.165, 1.54) is 5.56 Å². The van der Waals surface area contributed by atoms with Crippen molar-refractivity contribution in [1.29, 1.82) is 0 Å². The summed E-state index contributed by atoms with van der Waals surface area (Å²) in [5.41, 5.74) is 1.20. The number of aliphatic hydroxyl groups excluding tert-OH is 1. The second-order valence-electron chi connectivity index (χ2n) is 4.84. The van der Waals surface area contributed by atoms with E-state index in [0.29, 0.717) is 13.2 Å². The van der Waals surface area contributed by atoms with Gasteiger partial charge in [-0.15, -0.1) is 0 Å². The molecule has 1 aliphatic rings. The molecule has 20 heavy (non-hydrogen) atoms. The molecule has 1 saturated heterocycles. The van der Waals surface area contributed by atoms with Crippen LogP contribution in [0.4, 0.5) is 0 Å². The van der Waals surface area contributed by atoms with Gasteiger partial charge in [-0.2, -0.15) is 0 Å². The first-order chi connectivity index (χ1) is 9.78. The van der Waals surface area contributed by atoms with Gasteiger partial charge in [-0.05, 0) is 24.1 Å². The molecule has 2 rings (SSSR count). The van der Waals surface area contributed by atoms with E-state index in [4.69, 9.17) is 18.9 Å². The molecule has 0 aliphatic carbocycles. The molecule has 5 nitrogen and oxygen atoms in total. The van der Waals surface area contributed by atoms with Crippen LogP contribution in [0.25, 0.3) is 0 Å². The molecule has 1 heterocycles. The summed E-state index contributed by atoms with van der Waals surface area (Å²) in [5, 5.41) is 9.71. The average Bonchev–Trinajstić information content (AvgIpc) is 3.28. The summed E-state index contributed by atoms with van der Waals surface area (Å²) in [6.45, 7) is 2.52. The van der Waals surface area contributed by atoms with Crippen LogP contribution >= 0.6 is 0 Å². The minimum atomic E-state index is -0.623. The fourth-order valence-corrected chi connectivity index (χ4v) is 1.71. The predicted octanol–water partition coefficient (Wildman–Crippen LogP) is 1.03. The molecule has 112 valence electrons. The maximum atomic E-state index is 9.71. The number of rotatable bonds is 10. The van der Waals surface area contributed by atoms with Gasteiger partial charge in [0.15, 0.2) is 0 Å². The van der Waals surface area contributed by atoms with Gasteiger partial charge in [0, 0.05) is 7.11 Å². The smallest absolute Gasteiger partial charge is 0.119 e. The number of epoxide rings is 1. The van der Waals surface area contributed by atoms with E-state index >= 15 is 0 Å². The lowest BCUT2D eigenvalue weighted by Crippen LogP contribution is -2.24. The van der Waals surface area contributed by atoms with Gasteiger partial charge in [-0.3, -0.25) is 0 Å². The summed E-state index contributed by atoms with van der Waals surface area (Å²) in [7, 11) is 1.69. The fraction of sp³-hybridized carbons (Fsp3) is 0.600. The van der Waals surface area contributed by atoms with Crippen LogP contribution in [0.15, 0.2) is 24.3 Å². The van der Waals surface area contributed by atoms with Crippen molar-refractivity contribution >= 4 is 0 Å². The minimum absolute atomic E-state index is 0.225. The summed E-state index contributed by atoms with van der Waals surface area (Å²) in [5.74, 6) is 0.746. The van der Waals surface area contributed by atoms with Crippen molar-refractivity contribution in [2.75, 3.05) is 40.1 Å². The number of benzene rings is 1. The zero-order valence-corrected chi connectivity index (χ0v) is 11.8. The summed E-state index contributed by atoms with van der Waals surface area (Å²) >= 11 is 0. The van der Waals surface area contributed by atoms with E-state index in [-0.39, 0.29) is 19.3 Å². The van der Waals surface area contributed by atoms with Gasteiger partial charge in [-0.1, -0.05) is 12.1 Å². The third-order valence-electron chi connectivity index (χ3n) is 2.98. The highest BCUT2D eigenvalue weighted by Gasteiger charge is 2.22.